The van der Waals surface area contributed by atoms with Gasteiger partial charge in [-0.05, 0) is 55.8 Å². The first-order valence-corrected chi connectivity index (χ1v) is 19.1. The lowest BCUT2D eigenvalue weighted by molar-refractivity contribution is -0.147. The molecule has 280 valence electrons. The molecule has 51 heavy (non-hydrogen) atoms. The van der Waals surface area contributed by atoms with E-state index >= 15 is 0 Å². The van der Waals surface area contributed by atoms with E-state index in [1.807, 2.05) is 27.7 Å². The zero-order valence-corrected chi connectivity index (χ0v) is 31.1. The largest absolute Gasteiger partial charge is 0.369 e. The van der Waals surface area contributed by atoms with Crippen molar-refractivity contribution in [3.63, 3.8) is 0 Å². The van der Waals surface area contributed by atoms with E-state index in [4.69, 9.17) is 4.74 Å². The first kappa shape index (κ1) is 40.2. The number of nitrogens with one attached hydrogen (secondary N) is 1. The Morgan fingerprint density at radius 1 is 1.00 bits per heavy atom. The SMILES string of the molecule is C=CCOCC(=O)C(=O)[C@H](CCC)CC(=O)[C@@H]1C[C@@H]2CCCC[C@@H]2N1C(=O)[C@@H](NC(=O)[C@@H](CC(=O)c1cnccn1)C1CCCCC1)C(C)(C)C. The molecule has 3 aliphatic rings. The predicted molar refractivity (Wildman–Crippen MR) is 192 cm³/mol. The van der Waals surface area contributed by atoms with Gasteiger partial charge in [0.05, 0.1) is 18.8 Å². The summed E-state index contributed by atoms with van der Waals surface area (Å²) in [5.41, 5.74) is -0.500. The van der Waals surface area contributed by atoms with Crippen LogP contribution in [-0.4, -0.2) is 81.2 Å². The number of hydrogen-bond acceptors (Lipinski definition) is 9. The Morgan fingerprint density at radius 2 is 1.71 bits per heavy atom. The third-order valence-corrected chi connectivity index (χ3v) is 11.1. The number of likely N-dealkylation sites (tertiary alicyclic amines) is 1. The van der Waals surface area contributed by atoms with Crippen LogP contribution in [0.5, 0.6) is 0 Å². The van der Waals surface area contributed by atoms with Crippen LogP contribution in [0.4, 0.5) is 0 Å². The fourth-order valence-electron chi connectivity index (χ4n) is 8.46. The summed E-state index contributed by atoms with van der Waals surface area (Å²) in [7, 11) is 0. The monoisotopic (exact) mass is 706 g/mol. The molecular weight excluding hydrogens is 648 g/mol. The van der Waals surface area contributed by atoms with Gasteiger partial charge in [-0.15, -0.1) is 6.58 Å². The molecular formula is C40H58N4O7. The average molecular weight is 707 g/mol. The van der Waals surface area contributed by atoms with Crippen molar-refractivity contribution in [3.8, 4) is 0 Å². The number of rotatable bonds is 18. The molecule has 0 unspecified atom stereocenters. The number of aromatic nitrogens is 2. The van der Waals surface area contributed by atoms with Crippen LogP contribution in [0.3, 0.4) is 0 Å². The minimum absolute atomic E-state index is 0.00292. The van der Waals surface area contributed by atoms with Gasteiger partial charge >= 0.3 is 0 Å². The van der Waals surface area contributed by atoms with E-state index in [2.05, 4.69) is 21.9 Å². The topological polar surface area (TPSA) is 153 Å². The number of carbonyl (C=O) groups excluding carboxylic acids is 6. The van der Waals surface area contributed by atoms with E-state index < -0.39 is 40.9 Å². The molecule has 2 aliphatic carbocycles. The van der Waals surface area contributed by atoms with Gasteiger partial charge in [0.15, 0.2) is 11.6 Å². The van der Waals surface area contributed by atoms with Gasteiger partial charge in [-0.3, -0.25) is 33.8 Å². The van der Waals surface area contributed by atoms with Crippen LogP contribution in [0.1, 0.15) is 128 Å². The van der Waals surface area contributed by atoms with Crippen molar-refractivity contribution in [2.45, 2.75) is 136 Å². The van der Waals surface area contributed by atoms with Crippen molar-refractivity contribution < 1.29 is 33.5 Å². The molecule has 0 spiro atoms. The second-order valence-electron chi connectivity index (χ2n) is 15.9. The summed E-state index contributed by atoms with van der Waals surface area (Å²) in [6, 6.07) is -1.85. The van der Waals surface area contributed by atoms with E-state index in [-0.39, 0.29) is 73.0 Å². The van der Waals surface area contributed by atoms with Crippen LogP contribution in [0.2, 0.25) is 0 Å². The van der Waals surface area contributed by atoms with E-state index in [1.54, 1.807) is 4.90 Å². The molecule has 3 fully saturated rings. The fourth-order valence-corrected chi connectivity index (χ4v) is 8.46. The Kier molecular flexibility index (Phi) is 14.8. The van der Waals surface area contributed by atoms with Crippen molar-refractivity contribution in [3.05, 3.63) is 36.9 Å². The minimum Gasteiger partial charge on any atom is -0.369 e. The maximum atomic E-state index is 14.9. The third kappa shape index (κ3) is 10.5. The van der Waals surface area contributed by atoms with E-state index in [1.165, 1.54) is 24.7 Å². The van der Waals surface area contributed by atoms with Gasteiger partial charge in [0.1, 0.15) is 18.3 Å². The van der Waals surface area contributed by atoms with Crippen LogP contribution < -0.4 is 5.32 Å². The van der Waals surface area contributed by atoms with Crippen molar-refractivity contribution in [2.24, 2.45) is 29.1 Å². The zero-order chi connectivity index (χ0) is 37.1. The lowest BCUT2D eigenvalue weighted by atomic mass is 9.76. The molecule has 1 N–H and O–H groups in total. The smallest absolute Gasteiger partial charge is 0.246 e. The highest BCUT2D eigenvalue weighted by Gasteiger charge is 2.51. The highest BCUT2D eigenvalue weighted by atomic mass is 16.5. The first-order chi connectivity index (χ1) is 24.4. The molecule has 2 amide bonds. The number of carbonyl (C=O) groups is 6. The van der Waals surface area contributed by atoms with Crippen LogP contribution >= 0.6 is 0 Å². The predicted octanol–water partition coefficient (Wildman–Crippen LogP) is 5.65. The maximum Gasteiger partial charge on any atom is 0.246 e. The normalized spacial score (nSPS) is 22.7. The summed E-state index contributed by atoms with van der Waals surface area (Å²) in [6.07, 6.45) is 15.5. The van der Waals surface area contributed by atoms with Crippen molar-refractivity contribution in [1.29, 1.82) is 0 Å². The van der Waals surface area contributed by atoms with Gasteiger partial charge in [0.25, 0.3) is 0 Å². The molecule has 11 heteroatoms. The maximum absolute atomic E-state index is 14.9. The van der Waals surface area contributed by atoms with E-state index in [0.717, 1.165) is 57.8 Å². The molecule has 2 heterocycles. The van der Waals surface area contributed by atoms with Crippen LogP contribution in [0.15, 0.2) is 31.2 Å². The first-order valence-electron chi connectivity index (χ1n) is 19.1. The molecule has 0 bridgehead atoms. The molecule has 0 aromatic carbocycles. The molecule has 6 atom stereocenters. The molecule has 1 aliphatic heterocycles. The Bertz CT molecular complexity index is 1400. The number of ketones is 4. The summed E-state index contributed by atoms with van der Waals surface area (Å²) in [4.78, 5) is 92.5. The highest BCUT2D eigenvalue weighted by Crippen LogP contribution is 2.42. The van der Waals surface area contributed by atoms with Gasteiger partial charge in [0, 0.05) is 43.1 Å². The highest BCUT2D eigenvalue weighted by molar-refractivity contribution is 6.38. The van der Waals surface area contributed by atoms with Gasteiger partial charge < -0.3 is 15.0 Å². The molecule has 1 saturated heterocycles. The van der Waals surface area contributed by atoms with Crippen molar-refractivity contribution in [2.75, 3.05) is 13.2 Å². The zero-order valence-electron chi connectivity index (χ0n) is 31.1. The van der Waals surface area contributed by atoms with Gasteiger partial charge in [-0.2, -0.15) is 0 Å². The lowest BCUT2D eigenvalue weighted by Crippen LogP contribution is -2.60. The summed E-state index contributed by atoms with van der Waals surface area (Å²) in [6.45, 7) is 10.9. The molecule has 0 radical (unpaired) electrons. The molecule has 1 aromatic rings. The van der Waals surface area contributed by atoms with Gasteiger partial charge in [-0.25, -0.2) is 4.98 Å². The average Bonchev–Trinajstić information content (AvgIpc) is 3.52. The summed E-state index contributed by atoms with van der Waals surface area (Å²) in [5.74, 6) is -3.70. The van der Waals surface area contributed by atoms with Crippen LogP contribution in [0, 0.1) is 29.1 Å². The van der Waals surface area contributed by atoms with Gasteiger partial charge in [-0.1, -0.05) is 72.3 Å². The van der Waals surface area contributed by atoms with Crippen LogP contribution in [0.25, 0.3) is 0 Å². The fraction of sp³-hybridized carbons (Fsp3) is 0.700. The molecule has 11 nitrogen and oxygen atoms in total. The molecule has 1 aromatic heterocycles. The van der Waals surface area contributed by atoms with Gasteiger partial charge in [0.2, 0.25) is 23.4 Å². The standard InChI is InChI=1S/C40H58N4O7/c1-6-13-28(36(48)35(47)25-51-20-7-2)22-34(46)32-21-27-16-11-12-17-31(27)44(32)39(50)37(40(3,4)5)43-38(49)29(26-14-9-8-10-15-26)23-33(45)30-24-41-18-19-42-30/h7,18-19,24,26-29,31-32,37H,2,6,8-17,20-23,25H2,1,3-5H3,(H,43,49)/t27-,28+,29-,31-,32-,37+/m0/s1. The van der Waals surface area contributed by atoms with Crippen LogP contribution in [-0.2, 0) is 28.7 Å². The minimum atomic E-state index is -0.949. The summed E-state index contributed by atoms with van der Waals surface area (Å²) < 4.78 is 5.22. The van der Waals surface area contributed by atoms with Crippen molar-refractivity contribution >= 4 is 34.9 Å². The van der Waals surface area contributed by atoms with Crippen molar-refractivity contribution in [1.82, 2.24) is 20.2 Å². The Labute approximate surface area is 303 Å². The Balaban J connectivity index is 1.59. The number of hydrogen-bond donors (Lipinski definition) is 1. The molecule has 2 saturated carbocycles. The number of ether oxygens (including phenoxy) is 1. The third-order valence-electron chi connectivity index (χ3n) is 11.1. The summed E-state index contributed by atoms with van der Waals surface area (Å²) >= 11 is 0. The number of fused-ring (bicyclic) bond motifs is 1. The van der Waals surface area contributed by atoms with E-state index in [9.17, 15) is 28.8 Å². The number of Topliss-reactive ketones (excluding diaryl/α,β-unsaturated/α-hetero) is 4. The quantitative estimate of drug-likeness (QED) is 0.0883. The number of nitrogens with zero attached hydrogens (tertiary/aromatic N) is 3. The Morgan fingerprint density at radius 3 is 2.35 bits per heavy atom. The summed E-state index contributed by atoms with van der Waals surface area (Å²) in [5, 5.41) is 3.11. The Hall–Kier alpha value is -3.60. The van der Waals surface area contributed by atoms with E-state index in [0.29, 0.717) is 19.3 Å². The molecule has 4 rings (SSSR count). The second-order valence-corrected chi connectivity index (χ2v) is 15.9. The lowest BCUT2D eigenvalue weighted by Gasteiger charge is -2.40. The number of amides is 2. The second kappa shape index (κ2) is 18.8.